The smallest absolute Gasteiger partial charge is 0.0194 e. The Morgan fingerprint density at radius 2 is 2.00 bits per heavy atom. The van der Waals surface area contributed by atoms with Crippen LogP contribution in [0.25, 0.3) is 0 Å². The van der Waals surface area contributed by atoms with Crippen LogP contribution in [0.5, 0.6) is 0 Å². The van der Waals surface area contributed by atoms with Crippen molar-refractivity contribution in [2.45, 2.75) is 46.6 Å². The van der Waals surface area contributed by atoms with E-state index in [0.717, 1.165) is 19.0 Å². The molecule has 2 atom stereocenters. The quantitative estimate of drug-likeness (QED) is 0.765. The normalized spacial score (nSPS) is 23.1. The fraction of sp³-hybridized carbons (Fsp3) is 1.00. The van der Waals surface area contributed by atoms with Crippen molar-refractivity contribution in [2.75, 3.05) is 46.8 Å². The Morgan fingerprint density at radius 1 is 1.32 bits per heavy atom. The van der Waals surface area contributed by atoms with E-state index in [9.17, 15) is 0 Å². The van der Waals surface area contributed by atoms with Crippen LogP contribution >= 0.6 is 0 Å². The van der Waals surface area contributed by atoms with Gasteiger partial charge in [0, 0.05) is 19.1 Å². The summed E-state index contributed by atoms with van der Waals surface area (Å²) in [6.07, 6.45) is 2.73. The summed E-state index contributed by atoms with van der Waals surface area (Å²) in [6, 6.07) is 0.635. The molecule has 0 spiro atoms. The summed E-state index contributed by atoms with van der Waals surface area (Å²) in [7, 11) is 4.33. The molecule has 3 nitrogen and oxygen atoms in total. The van der Waals surface area contributed by atoms with Crippen molar-refractivity contribution < 1.29 is 0 Å². The van der Waals surface area contributed by atoms with Crippen molar-refractivity contribution in [3.63, 3.8) is 0 Å². The maximum absolute atomic E-state index is 3.57. The first-order chi connectivity index (χ1) is 8.86. The predicted octanol–water partition coefficient (Wildman–Crippen LogP) is 2.28. The van der Waals surface area contributed by atoms with Gasteiger partial charge in [-0.1, -0.05) is 20.8 Å². The molecule has 1 rings (SSSR count). The van der Waals surface area contributed by atoms with Gasteiger partial charge >= 0.3 is 0 Å². The van der Waals surface area contributed by atoms with Gasteiger partial charge in [0.05, 0.1) is 0 Å². The zero-order valence-corrected chi connectivity index (χ0v) is 14.0. The van der Waals surface area contributed by atoms with Gasteiger partial charge < -0.3 is 10.2 Å². The average molecular weight is 269 g/mol. The van der Waals surface area contributed by atoms with Crippen LogP contribution in [0.3, 0.4) is 0 Å². The van der Waals surface area contributed by atoms with E-state index >= 15 is 0 Å². The molecule has 0 aromatic heterocycles. The highest BCUT2D eigenvalue weighted by atomic mass is 15.2. The van der Waals surface area contributed by atoms with E-state index in [1.54, 1.807) is 0 Å². The van der Waals surface area contributed by atoms with Gasteiger partial charge in [-0.3, -0.25) is 4.90 Å². The largest absolute Gasteiger partial charge is 0.316 e. The van der Waals surface area contributed by atoms with Crippen LogP contribution in [0.1, 0.15) is 40.5 Å². The molecule has 1 heterocycles. The molecule has 1 aliphatic rings. The number of nitrogens with zero attached hydrogens (tertiary/aromatic N) is 2. The maximum atomic E-state index is 3.57. The summed E-state index contributed by atoms with van der Waals surface area (Å²) in [4.78, 5) is 4.94. The van der Waals surface area contributed by atoms with E-state index in [1.807, 2.05) is 0 Å². The van der Waals surface area contributed by atoms with Gasteiger partial charge in [-0.25, -0.2) is 0 Å². The molecule has 0 amide bonds. The first-order valence-electron chi connectivity index (χ1n) is 7.96. The molecular weight excluding hydrogens is 234 g/mol. The topological polar surface area (TPSA) is 18.5 Å². The number of likely N-dealkylation sites (N-methyl/N-ethyl adjacent to an activating group) is 2. The number of nitrogens with one attached hydrogen (secondary N) is 1. The fourth-order valence-corrected chi connectivity index (χ4v) is 3.39. The Bertz CT molecular complexity index is 244. The second kappa shape index (κ2) is 7.61. The van der Waals surface area contributed by atoms with Gasteiger partial charge in [0.1, 0.15) is 0 Å². The Labute approximate surface area is 120 Å². The summed E-state index contributed by atoms with van der Waals surface area (Å²) in [5.74, 6) is 0.821. The third-order valence-electron chi connectivity index (χ3n) is 4.67. The minimum Gasteiger partial charge on any atom is -0.316 e. The van der Waals surface area contributed by atoms with Crippen molar-refractivity contribution in [3.8, 4) is 0 Å². The number of hydrogen-bond acceptors (Lipinski definition) is 3. The molecule has 19 heavy (non-hydrogen) atoms. The molecule has 114 valence electrons. The van der Waals surface area contributed by atoms with Crippen LogP contribution < -0.4 is 5.32 Å². The molecular formula is C16H35N3. The van der Waals surface area contributed by atoms with Crippen LogP contribution in [0.15, 0.2) is 0 Å². The van der Waals surface area contributed by atoms with Crippen LogP contribution in [-0.2, 0) is 0 Å². The molecule has 1 aliphatic heterocycles. The maximum Gasteiger partial charge on any atom is 0.0194 e. The van der Waals surface area contributed by atoms with Gasteiger partial charge in [-0.2, -0.15) is 0 Å². The Balaban J connectivity index is 2.56. The highest BCUT2D eigenvalue weighted by Crippen LogP contribution is 2.33. The van der Waals surface area contributed by atoms with Crippen molar-refractivity contribution in [1.82, 2.24) is 15.1 Å². The van der Waals surface area contributed by atoms with Crippen LogP contribution in [-0.4, -0.2) is 62.7 Å². The summed E-state index contributed by atoms with van der Waals surface area (Å²) >= 11 is 0. The van der Waals surface area contributed by atoms with E-state index in [2.05, 4.69) is 56.9 Å². The van der Waals surface area contributed by atoms with E-state index in [0.29, 0.717) is 11.5 Å². The molecule has 0 aromatic carbocycles. The highest BCUT2D eigenvalue weighted by Gasteiger charge is 2.33. The van der Waals surface area contributed by atoms with E-state index in [4.69, 9.17) is 0 Å². The minimum atomic E-state index is 0.407. The number of piperidine rings is 1. The first kappa shape index (κ1) is 16.9. The SMILES string of the molecule is CCN(CC(C)(C)C1CCCNC1)C(C)CN(C)C. The summed E-state index contributed by atoms with van der Waals surface area (Å²) < 4.78 is 0. The first-order valence-corrected chi connectivity index (χ1v) is 7.96. The molecule has 1 saturated heterocycles. The summed E-state index contributed by atoms with van der Waals surface area (Å²) in [5, 5.41) is 3.57. The van der Waals surface area contributed by atoms with Crippen molar-refractivity contribution in [2.24, 2.45) is 11.3 Å². The molecule has 1 N–H and O–H groups in total. The lowest BCUT2D eigenvalue weighted by atomic mass is 9.74. The fourth-order valence-electron chi connectivity index (χ4n) is 3.39. The standard InChI is InChI=1S/C16H35N3/c1-7-19(14(2)12-18(5)6)13-16(3,4)15-9-8-10-17-11-15/h14-15,17H,7-13H2,1-6H3. The second-order valence-corrected chi connectivity index (χ2v) is 7.21. The molecule has 2 unspecified atom stereocenters. The lowest BCUT2D eigenvalue weighted by Crippen LogP contribution is -2.49. The number of hydrogen-bond donors (Lipinski definition) is 1. The Morgan fingerprint density at radius 3 is 2.47 bits per heavy atom. The third kappa shape index (κ3) is 5.41. The van der Waals surface area contributed by atoms with Crippen molar-refractivity contribution >= 4 is 0 Å². The lowest BCUT2D eigenvalue weighted by Gasteiger charge is -2.42. The van der Waals surface area contributed by atoms with E-state index < -0.39 is 0 Å². The Kier molecular flexibility index (Phi) is 6.78. The third-order valence-corrected chi connectivity index (χ3v) is 4.67. The highest BCUT2D eigenvalue weighted by molar-refractivity contribution is 4.86. The van der Waals surface area contributed by atoms with Crippen LogP contribution in [0.4, 0.5) is 0 Å². The van der Waals surface area contributed by atoms with E-state index in [1.165, 1.54) is 32.5 Å². The second-order valence-electron chi connectivity index (χ2n) is 7.21. The van der Waals surface area contributed by atoms with Gasteiger partial charge in [-0.15, -0.1) is 0 Å². The predicted molar refractivity (Wildman–Crippen MR) is 84.6 cm³/mol. The Hall–Kier alpha value is -0.120. The van der Waals surface area contributed by atoms with Gasteiger partial charge in [0.25, 0.3) is 0 Å². The molecule has 3 heteroatoms. The molecule has 0 radical (unpaired) electrons. The van der Waals surface area contributed by atoms with Gasteiger partial charge in [-0.05, 0) is 64.8 Å². The minimum absolute atomic E-state index is 0.407. The molecule has 0 bridgehead atoms. The summed E-state index contributed by atoms with van der Waals surface area (Å²) in [5.41, 5.74) is 0.407. The summed E-state index contributed by atoms with van der Waals surface area (Å²) in [6.45, 7) is 15.5. The zero-order chi connectivity index (χ0) is 14.5. The van der Waals surface area contributed by atoms with Crippen molar-refractivity contribution in [1.29, 1.82) is 0 Å². The van der Waals surface area contributed by atoms with Gasteiger partial charge in [0.2, 0.25) is 0 Å². The van der Waals surface area contributed by atoms with E-state index in [-0.39, 0.29) is 0 Å². The molecule has 0 aliphatic carbocycles. The van der Waals surface area contributed by atoms with Crippen LogP contribution in [0.2, 0.25) is 0 Å². The average Bonchev–Trinajstić information content (AvgIpc) is 2.36. The molecule has 0 saturated carbocycles. The lowest BCUT2D eigenvalue weighted by molar-refractivity contribution is 0.0736. The monoisotopic (exact) mass is 269 g/mol. The van der Waals surface area contributed by atoms with Gasteiger partial charge in [0.15, 0.2) is 0 Å². The molecule has 0 aromatic rings. The van der Waals surface area contributed by atoms with Crippen LogP contribution in [0, 0.1) is 11.3 Å². The molecule has 1 fully saturated rings. The number of rotatable bonds is 7. The van der Waals surface area contributed by atoms with Crippen molar-refractivity contribution in [3.05, 3.63) is 0 Å². The zero-order valence-electron chi connectivity index (χ0n) is 14.0.